The number of alkyl halides is 3. The topological polar surface area (TPSA) is 109 Å². The van der Waals surface area contributed by atoms with Crippen molar-refractivity contribution in [3.05, 3.63) is 47.7 Å². The second-order valence-corrected chi connectivity index (χ2v) is 9.35. The number of hydrogen-bond donors (Lipinski definition) is 2. The highest BCUT2D eigenvalue weighted by molar-refractivity contribution is 7.92. The predicted octanol–water partition coefficient (Wildman–Crippen LogP) is 2.19. The maximum Gasteiger partial charge on any atom is 0.416 e. The zero-order valence-electron chi connectivity index (χ0n) is 16.6. The van der Waals surface area contributed by atoms with Gasteiger partial charge in [0.15, 0.2) is 0 Å². The average Bonchev–Trinajstić information content (AvgIpc) is 2.72. The van der Waals surface area contributed by atoms with Gasteiger partial charge >= 0.3 is 6.18 Å². The third kappa shape index (κ3) is 4.74. The van der Waals surface area contributed by atoms with Crippen LogP contribution in [0.15, 0.2) is 41.4 Å². The zero-order valence-corrected chi connectivity index (χ0v) is 17.4. The van der Waals surface area contributed by atoms with Gasteiger partial charge in [-0.15, -0.1) is 0 Å². The molecular formula is C19H20F3N3O5S. The summed E-state index contributed by atoms with van der Waals surface area (Å²) in [5.74, 6) is -0.619. The second kappa shape index (κ2) is 8.00. The molecule has 2 heterocycles. The van der Waals surface area contributed by atoms with Crippen molar-refractivity contribution in [1.29, 1.82) is 0 Å². The summed E-state index contributed by atoms with van der Waals surface area (Å²) in [6.07, 6.45) is -3.39. The molecule has 1 aliphatic rings. The van der Waals surface area contributed by atoms with Crippen molar-refractivity contribution in [3.8, 4) is 5.88 Å². The lowest BCUT2D eigenvalue weighted by Crippen LogP contribution is -2.46. The number of sulfonamides is 1. The highest BCUT2D eigenvalue weighted by Crippen LogP contribution is 2.35. The van der Waals surface area contributed by atoms with Gasteiger partial charge in [-0.25, -0.2) is 13.4 Å². The first-order valence-corrected chi connectivity index (χ1v) is 10.6. The van der Waals surface area contributed by atoms with E-state index >= 15 is 0 Å². The van der Waals surface area contributed by atoms with E-state index in [0.29, 0.717) is 12.1 Å². The van der Waals surface area contributed by atoms with Gasteiger partial charge in [-0.1, -0.05) is 0 Å². The SMILES string of the molecule is CC(C)(CO)NC(=O)c1cnc2c(c1)N(S(=O)(=O)c1ccc(C(F)(F)F)cc1)CCO2. The molecule has 1 amide bonds. The number of aliphatic hydroxyl groups is 1. The molecule has 1 aromatic heterocycles. The Morgan fingerprint density at radius 2 is 1.90 bits per heavy atom. The van der Waals surface area contributed by atoms with Crippen LogP contribution in [0.4, 0.5) is 18.9 Å². The van der Waals surface area contributed by atoms with Crippen molar-refractivity contribution < 1.29 is 36.2 Å². The highest BCUT2D eigenvalue weighted by atomic mass is 32.2. The number of aromatic nitrogens is 1. The Morgan fingerprint density at radius 3 is 2.48 bits per heavy atom. The molecule has 1 aromatic carbocycles. The third-order valence-electron chi connectivity index (χ3n) is 4.51. The van der Waals surface area contributed by atoms with E-state index in [2.05, 4.69) is 10.3 Å². The Morgan fingerprint density at radius 1 is 1.26 bits per heavy atom. The Bertz CT molecular complexity index is 1090. The van der Waals surface area contributed by atoms with Crippen LogP contribution in [0.3, 0.4) is 0 Å². The molecule has 0 unspecified atom stereocenters. The van der Waals surface area contributed by atoms with Gasteiger partial charge < -0.3 is 15.2 Å². The van der Waals surface area contributed by atoms with Crippen LogP contribution in [0, 0.1) is 0 Å². The van der Waals surface area contributed by atoms with Gasteiger partial charge in [0.25, 0.3) is 15.9 Å². The molecule has 0 aliphatic carbocycles. The lowest BCUT2D eigenvalue weighted by Gasteiger charge is -2.30. The fourth-order valence-electron chi connectivity index (χ4n) is 2.81. The van der Waals surface area contributed by atoms with Crippen LogP contribution >= 0.6 is 0 Å². The zero-order chi connectivity index (χ0) is 23.0. The van der Waals surface area contributed by atoms with E-state index < -0.39 is 33.2 Å². The minimum Gasteiger partial charge on any atom is -0.474 e. The van der Waals surface area contributed by atoms with E-state index in [1.54, 1.807) is 13.8 Å². The molecule has 0 spiro atoms. The molecule has 12 heteroatoms. The summed E-state index contributed by atoms with van der Waals surface area (Å²) >= 11 is 0. The molecule has 0 fully saturated rings. The lowest BCUT2D eigenvalue weighted by molar-refractivity contribution is -0.137. The first kappa shape index (κ1) is 22.8. The van der Waals surface area contributed by atoms with Crippen molar-refractivity contribution in [3.63, 3.8) is 0 Å². The van der Waals surface area contributed by atoms with Crippen LogP contribution in [0.25, 0.3) is 0 Å². The molecule has 0 atom stereocenters. The van der Waals surface area contributed by atoms with E-state index in [4.69, 9.17) is 4.74 Å². The maximum atomic E-state index is 13.1. The number of aliphatic hydroxyl groups excluding tert-OH is 1. The highest BCUT2D eigenvalue weighted by Gasteiger charge is 2.34. The lowest BCUT2D eigenvalue weighted by atomic mass is 10.1. The number of anilines is 1. The molecule has 0 radical (unpaired) electrons. The molecule has 2 aromatic rings. The van der Waals surface area contributed by atoms with Gasteiger partial charge in [-0.05, 0) is 44.2 Å². The number of nitrogens with zero attached hydrogens (tertiary/aromatic N) is 2. The normalized spacial score (nSPS) is 14.6. The van der Waals surface area contributed by atoms with Gasteiger partial charge in [0.2, 0.25) is 5.88 Å². The predicted molar refractivity (Wildman–Crippen MR) is 104 cm³/mol. The summed E-state index contributed by atoms with van der Waals surface area (Å²) in [6.45, 7) is 2.73. The minimum absolute atomic E-state index is 0.0133. The smallest absolute Gasteiger partial charge is 0.416 e. The number of carbonyl (C=O) groups is 1. The van der Waals surface area contributed by atoms with Gasteiger partial charge in [0.1, 0.15) is 12.3 Å². The van der Waals surface area contributed by atoms with Crippen LogP contribution in [0.5, 0.6) is 5.88 Å². The molecule has 0 saturated heterocycles. The van der Waals surface area contributed by atoms with Crippen molar-refractivity contribution in [1.82, 2.24) is 10.3 Å². The third-order valence-corrected chi connectivity index (χ3v) is 6.34. The van der Waals surface area contributed by atoms with Crippen LogP contribution in [-0.2, 0) is 16.2 Å². The van der Waals surface area contributed by atoms with Crippen molar-refractivity contribution in [2.75, 3.05) is 24.1 Å². The number of halogens is 3. The van der Waals surface area contributed by atoms with Crippen molar-refractivity contribution >= 4 is 21.6 Å². The molecule has 3 rings (SSSR count). The first-order valence-electron chi connectivity index (χ1n) is 9.11. The fourth-order valence-corrected chi connectivity index (χ4v) is 4.25. The number of nitrogens with one attached hydrogen (secondary N) is 1. The number of hydrogen-bond acceptors (Lipinski definition) is 6. The molecule has 168 valence electrons. The second-order valence-electron chi connectivity index (χ2n) is 7.49. The summed E-state index contributed by atoms with van der Waals surface area (Å²) in [6, 6.07) is 4.40. The number of benzene rings is 1. The summed E-state index contributed by atoms with van der Waals surface area (Å²) in [5.41, 5.74) is -1.88. The Balaban J connectivity index is 1.97. The monoisotopic (exact) mass is 459 g/mol. The van der Waals surface area contributed by atoms with E-state index in [-0.39, 0.29) is 41.8 Å². The summed E-state index contributed by atoms with van der Waals surface area (Å²) < 4.78 is 70.9. The molecule has 8 nitrogen and oxygen atoms in total. The van der Waals surface area contributed by atoms with Crippen molar-refractivity contribution in [2.45, 2.75) is 30.5 Å². The average molecular weight is 459 g/mol. The number of carbonyl (C=O) groups excluding carboxylic acids is 1. The molecule has 2 N–H and O–H groups in total. The number of amides is 1. The molecule has 0 saturated carbocycles. The standard InChI is InChI=1S/C19H20F3N3O5S/c1-18(2,11-26)24-16(27)12-9-15-17(23-10-12)30-8-7-25(15)31(28,29)14-5-3-13(4-6-14)19(20,21)22/h3-6,9-10,26H,7-8,11H2,1-2H3,(H,24,27). The Labute approximate surface area is 176 Å². The number of fused-ring (bicyclic) bond motifs is 1. The van der Waals surface area contributed by atoms with Crippen LogP contribution in [0.2, 0.25) is 0 Å². The molecule has 1 aliphatic heterocycles. The minimum atomic E-state index is -4.59. The van der Waals surface area contributed by atoms with Gasteiger partial charge in [-0.3, -0.25) is 9.10 Å². The quantitative estimate of drug-likeness (QED) is 0.710. The van der Waals surface area contributed by atoms with E-state index in [0.717, 1.165) is 16.4 Å². The van der Waals surface area contributed by atoms with Crippen LogP contribution < -0.4 is 14.4 Å². The van der Waals surface area contributed by atoms with E-state index in [1.165, 1.54) is 12.3 Å². The Kier molecular flexibility index (Phi) is 5.89. The van der Waals surface area contributed by atoms with E-state index in [1.807, 2.05) is 0 Å². The largest absolute Gasteiger partial charge is 0.474 e. The molecule has 0 bridgehead atoms. The van der Waals surface area contributed by atoms with Crippen molar-refractivity contribution in [2.24, 2.45) is 0 Å². The van der Waals surface area contributed by atoms with Gasteiger partial charge in [0.05, 0.1) is 34.7 Å². The van der Waals surface area contributed by atoms with Gasteiger partial charge in [-0.2, -0.15) is 13.2 Å². The fraction of sp³-hybridized carbons (Fsp3) is 0.368. The number of ether oxygens (including phenoxy) is 1. The van der Waals surface area contributed by atoms with Crippen LogP contribution in [-0.4, -0.2) is 49.7 Å². The molecule has 31 heavy (non-hydrogen) atoms. The first-order chi connectivity index (χ1) is 14.3. The number of rotatable bonds is 5. The summed E-state index contributed by atoms with van der Waals surface area (Å²) in [7, 11) is -4.25. The molecular weight excluding hydrogens is 439 g/mol. The summed E-state index contributed by atoms with van der Waals surface area (Å²) in [4.78, 5) is 16.1. The summed E-state index contributed by atoms with van der Waals surface area (Å²) in [5, 5.41) is 11.9. The maximum absolute atomic E-state index is 13.1. The van der Waals surface area contributed by atoms with E-state index in [9.17, 15) is 31.5 Å². The van der Waals surface area contributed by atoms with Gasteiger partial charge in [0, 0.05) is 6.20 Å². The number of pyridine rings is 1. The van der Waals surface area contributed by atoms with Crippen LogP contribution in [0.1, 0.15) is 29.8 Å². The Hall–Kier alpha value is -2.86.